The third kappa shape index (κ3) is 4.08. The van der Waals surface area contributed by atoms with Crippen molar-refractivity contribution in [3.8, 4) is 0 Å². The van der Waals surface area contributed by atoms with Crippen LogP contribution in [0.2, 0.25) is 0 Å². The van der Waals surface area contributed by atoms with Gasteiger partial charge in [0.05, 0.1) is 17.7 Å². The second kappa shape index (κ2) is 8.46. The van der Waals surface area contributed by atoms with Gasteiger partial charge in [-0.15, -0.1) is 0 Å². The Balaban J connectivity index is 1.33. The van der Waals surface area contributed by atoms with E-state index in [4.69, 9.17) is 0 Å². The molecule has 1 aliphatic heterocycles. The number of amides is 2. The van der Waals surface area contributed by atoms with Crippen molar-refractivity contribution >= 4 is 34.2 Å². The van der Waals surface area contributed by atoms with Crippen LogP contribution in [0.4, 0.5) is 5.69 Å². The number of nitrogens with one attached hydrogen (secondary N) is 2. The number of para-hydroxylation sites is 2. The van der Waals surface area contributed by atoms with E-state index in [-0.39, 0.29) is 24.1 Å². The van der Waals surface area contributed by atoms with Gasteiger partial charge in [0.1, 0.15) is 0 Å². The van der Waals surface area contributed by atoms with Crippen molar-refractivity contribution in [2.24, 2.45) is 0 Å². The second-order valence-electron chi connectivity index (χ2n) is 7.34. The van der Waals surface area contributed by atoms with Crippen LogP contribution < -0.4 is 5.32 Å². The molecule has 0 saturated carbocycles. The number of hydrogen-bond donors (Lipinski definition) is 2. The molecule has 1 saturated heterocycles. The zero-order valence-electron chi connectivity index (χ0n) is 16.7. The first-order chi connectivity index (χ1) is 14.5. The molecule has 2 aromatic carbocycles. The number of ketones is 1. The Morgan fingerprint density at radius 1 is 1.00 bits per heavy atom. The maximum atomic E-state index is 12.9. The van der Waals surface area contributed by atoms with Crippen LogP contribution in [0, 0.1) is 0 Å². The average molecular weight is 405 g/mol. The standard InChI is InChI=1S/C22H23N5O3/c1-15(28)16-6-2-4-8-18(16)23-20(29)14-26-10-12-27(13-11-26)22(30)21-17-7-3-5-9-19(17)24-25-21/h2-9H,10-14H2,1H3,(H,23,29)(H,24,25). The molecule has 4 rings (SSSR count). The van der Waals surface area contributed by atoms with Crippen molar-refractivity contribution in [1.82, 2.24) is 20.0 Å². The summed E-state index contributed by atoms with van der Waals surface area (Å²) in [6.07, 6.45) is 0. The van der Waals surface area contributed by atoms with Gasteiger partial charge in [-0.05, 0) is 25.1 Å². The molecule has 0 aliphatic carbocycles. The zero-order chi connectivity index (χ0) is 21.1. The Hall–Kier alpha value is -3.52. The molecular formula is C22H23N5O3. The molecule has 0 unspecified atom stereocenters. The first-order valence-corrected chi connectivity index (χ1v) is 9.87. The van der Waals surface area contributed by atoms with Crippen LogP contribution in [0.5, 0.6) is 0 Å². The monoisotopic (exact) mass is 405 g/mol. The first kappa shape index (κ1) is 19.8. The van der Waals surface area contributed by atoms with Gasteiger partial charge in [0, 0.05) is 37.1 Å². The third-order valence-electron chi connectivity index (χ3n) is 5.28. The van der Waals surface area contributed by atoms with E-state index < -0.39 is 0 Å². The number of Topliss-reactive ketones (excluding diaryl/α,β-unsaturated/α-hetero) is 1. The minimum absolute atomic E-state index is 0.0936. The van der Waals surface area contributed by atoms with Crippen molar-refractivity contribution < 1.29 is 14.4 Å². The summed E-state index contributed by atoms with van der Waals surface area (Å²) in [6.45, 7) is 3.92. The van der Waals surface area contributed by atoms with Crippen LogP contribution in [0.25, 0.3) is 10.9 Å². The Morgan fingerprint density at radius 3 is 2.47 bits per heavy atom. The van der Waals surface area contributed by atoms with Gasteiger partial charge >= 0.3 is 0 Å². The summed E-state index contributed by atoms with van der Waals surface area (Å²) < 4.78 is 0. The van der Waals surface area contributed by atoms with Crippen LogP contribution in [-0.4, -0.2) is 70.3 Å². The molecule has 0 radical (unpaired) electrons. The van der Waals surface area contributed by atoms with Crippen molar-refractivity contribution in [2.45, 2.75) is 6.92 Å². The van der Waals surface area contributed by atoms with E-state index in [2.05, 4.69) is 15.5 Å². The highest BCUT2D eigenvalue weighted by Crippen LogP contribution is 2.18. The molecule has 0 spiro atoms. The van der Waals surface area contributed by atoms with Crippen molar-refractivity contribution in [3.63, 3.8) is 0 Å². The molecule has 154 valence electrons. The third-order valence-corrected chi connectivity index (χ3v) is 5.28. The summed E-state index contributed by atoms with van der Waals surface area (Å²) in [6, 6.07) is 14.5. The van der Waals surface area contributed by atoms with Crippen LogP contribution in [-0.2, 0) is 4.79 Å². The van der Waals surface area contributed by atoms with E-state index in [1.807, 2.05) is 29.2 Å². The van der Waals surface area contributed by atoms with E-state index in [0.717, 1.165) is 10.9 Å². The van der Waals surface area contributed by atoms with Crippen LogP contribution in [0.3, 0.4) is 0 Å². The highest BCUT2D eigenvalue weighted by molar-refractivity contribution is 6.05. The molecule has 0 bridgehead atoms. The Bertz CT molecular complexity index is 1100. The summed E-state index contributed by atoms with van der Waals surface area (Å²) >= 11 is 0. The number of benzene rings is 2. The first-order valence-electron chi connectivity index (χ1n) is 9.87. The SMILES string of the molecule is CC(=O)c1ccccc1NC(=O)CN1CCN(C(=O)c2n[nH]c3ccccc23)CC1. The minimum atomic E-state index is -0.179. The maximum Gasteiger partial charge on any atom is 0.275 e. The fourth-order valence-electron chi connectivity index (χ4n) is 3.68. The van der Waals surface area contributed by atoms with Crippen molar-refractivity contribution in [1.29, 1.82) is 0 Å². The number of carbonyl (C=O) groups is 3. The Labute approximate surface area is 173 Å². The van der Waals surface area contributed by atoms with E-state index >= 15 is 0 Å². The van der Waals surface area contributed by atoms with Gasteiger partial charge in [-0.2, -0.15) is 5.10 Å². The van der Waals surface area contributed by atoms with E-state index in [1.54, 1.807) is 29.2 Å². The van der Waals surface area contributed by atoms with Crippen molar-refractivity contribution in [3.05, 3.63) is 59.8 Å². The zero-order valence-corrected chi connectivity index (χ0v) is 16.7. The van der Waals surface area contributed by atoms with Crippen LogP contribution >= 0.6 is 0 Å². The molecule has 8 nitrogen and oxygen atoms in total. The number of nitrogens with zero attached hydrogens (tertiary/aromatic N) is 3. The minimum Gasteiger partial charge on any atom is -0.335 e. The number of hydrogen-bond acceptors (Lipinski definition) is 5. The fourth-order valence-corrected chi connectivity index (χ4v) is 3.68. The van der Waals surface area contributed by atoms with Gasteiger partial charge in [0.25, 0.3) is 5.91 Å². The second-order valence-corrected chi connectivity index (χ2v) is 7.34. The average Bonchev–Trinajstić information content (AvgIpc) is 3.18. The van der Waals surface area contributed by atoms with Gasteiger partial charge in [-0.1, -0.05) is 30.3 Å². The molecule has 30 heavy (non-hydrogen) atoms. The molecule has 1 aromatic heterocycles. The molecule has 2 heterocycles. The molecule has 1 fully saturated rings. The van der Waals surface area contributed by atoms with Gasteiger partial charge in [-0.3, -0.25) is 24.4 Å². The summed E-state index contributed by atoms with van der Waals surface area (Å²) in [4.78, 5) is 40.8. The molecule has 2 N–H and O–H groups in total. The number of carbonyl (C=O) groups excluding carboxylic acids is 3. The molecule has 3 aromatic rings. The van der Waals surface area contributed by atoms with E-state index in [1.165, 1.54) is 6.92 Å². The predicted molar refractivity (Wildman–Crippen MR) is 114 cm³/mol. The lowest BCUT2D eigenvalue weighted by Gasteiger charge is -2.34. The van der Waals surface area contributed by atoms with Gasteiger partial charge in [-0.25, -0.2) is 0 Å². The summed E-state index contributed by atoms with van der Waals surface area (Å²) in [5.41, 5.74) is 2.28. The topological polar surface area (TPSA) is 98.4 Å². The highest BCUT2D eigenvalue weighted by atomic mass is 16.2. The van der Waals surface area contributed by atoms with Crippen molar-refractivity contribution in [2.75, 3.05) is 38.0 Å². The number of aromatic nitrogens is 2. The van der Waals surface area contributed by atoms with Crippen LogP contribution in [0.15, 0.2) is 48.5 Å². The molecule has 1 aliphatic rings. The summed E-state index contributed by atoms with van der Waals surface area (Å²) in [5.74, 6) is -0.377. The Morgan fingerprint density at radius 2 is 1.70 bits per heavy atom. The van der Waals surface area contributed by atoms with Crippen LogP contribution in [0.1, 0.15) is 27.8 Å². The number of aromatic amines is 1. The normalized spacial score (nSPS) is 14.6. The van der Waals surface area contributed by atoms with Gasteiger partial charge in [0.2, 0.25) is 5.91 Å². The lowest BCUT2D eigenvalue weighted by Crippen LogP contribution is -2.50. The fraction of sp³-hybridized carbons (Fsp3) is 0.273. The van der Waals surface area contributed by atoms with Gasteiger partial charge < -0.3 is 10.2 Å². The molecule has 8 heteroatoms. The number of fused-ring (bicyclic) bond motifs is 1. The predicted octanol–water partition coefficient (Wildman–Crippen LogP) is 2.16. The molecule has 2 amide bonds. The Kier molecular flexibility index (Phi) is 5.58. The number of H-pyrrole nitrogens is 1. The molecule has 0 atom stereocenters. The molecular weight excluding hydrogens is 382 g/mol. The lowest BCUT2D eigenvalue weighted by molar-refractivity contribution is -0.117. The maximum absolute atomic E-state index is 12.9. The van der Waals surface area contributed by atoms with E-state index in [0.29, 0.717) is 43.1 Å². The largest absolute Gasteiger partial charge is 0.335 e. The number of rotatable bonds is 5. The smallest absolute Gasteiger partial charge is 0.275 e. The number of anilines is 1. The quantitative estimate of drug-likeness (QED) is 0.634. The number of piperazine rings is 1. The van der Waals surface area contributed by atoms with Gasteiger partial charge in [0.15, 0.2) is 11.5 Å². The summed E-state index contributed by atoms with van der Waals surface area (Å²) in [7, 11) is 0. The van der Waals surface area contributed by atoms with E-state index in [9.17, 15) is 14.4 Å². The lowest BCUT2D eigenvalue weighted by atomic mass is 10.1. The summed E-state index contributed by atoms with van der Waals surface area (Å²) in [5, 5.41) is 10.7. The highest BCUT2D eigenvalue weighted by Gasteiger charge is 2.26.